The summed E-state index contributed by atoms with van der Waals surface area (Å²) in [5.74, 6) is -0.689. The van der Waals surface area contributed by atoms with Crippen molar-refractivity contribution in [2.75, 3.05) is 18.1 Å². The van der Waals surface area contributed by atoms with Crippen molar-refractivity contribution in [3.05, 3.63) is 68.2 Å². The number of carbonyl (C=O) groups excluding carboxylic acids is 1. The molecule has 0 saturated carbocycles. The quantitative estimate of drug-likeness (QED) is 0.616. The summed E-state index contributed by atoms with van der Waals surface area (Å²) >= 11 is 6.01. The van der Waals surface area contributed by atoms with Gasteiger partial charge >= 0.3 is 0 Å². The van der Waals surface area contributed by atoms with E-state index < -0.39 is 20.9 Å². The Bertz CT molecular complexity index is 1040. The number of sulfonamides is 1. The van der Waals surface area contributed by atoms with Crippen molar-refractivity contribution in [2.24, 2.45) is 0 Å². The highest BCUT2D eigenvalue weighted by Crippen LogP contribution is 2.30. The number of nitro benzene ring substituents is 1. The second-order valence-corrected chi connectivity index (χ2v) is 8.52. The number of hydrogen-bond donors (Lipinski definition) is 1. The van der Waals surface area contributed by atoms with Crippen molar-refractivity contribution in [1.82, 2.24) is 4.31 Å². The van der Waals surface area contributed by atoms with Gasteiger partial charge in [-0.05, 0) is 29.7 Å². The number of anilines is 1. The topological polar surface area (TPSA) is 110 Å². The first kappa shape index (κ1) is 19.3. The van der Waals surface area contributed by atoms with Gasteiger partial charge in [0.1, 0.15) is 5.56 Å². The molecule has 2 aromatic rings. The fourth-order valence-electron chi connectivity index (χ4n) is 3.06. The van der Waals surface area contributed by atoms with Crippen molar-refractivity contribution in [3.8, 4) is 0 Å². The van der Waals surface area contributed by atoms with Crippen molar-refractivity contribution < 1.29 is 18.1 Å². The van der Waals surface area contributed by atoms with Gasteiger partial charge in [-0.3, -0.25) is 14.9 Å². The van der Waals surface area contributed by atoms with Gasteiger partial charge in [-0.1, -0.05) is 29.8 Å². The number of amides is 1. The van der Waals surface area contributed by atoms with Gasteiger partial charge in [0.05, 0.1) is 16.2 Å². The van der Waals surface area contributed by atoms with E-state index in [4.69, 9.17) is 11.6 Å². The van der Waals surface area contributed by atoms with Crippen LogP contribution >= 0.6 is 11.6 Å². The van der Waals surface area contributed by atoms with Gasteiger partial charge in [0, 0.05) is 24.8 Å². The normalized spacial score (nSPS) is 14.4. The number of nitro groups is 1. The number of nitrogens with zero attached hydrogens (tertiary/aromatic N) is 2. The van der Waals surface area contributed by atoms with Gasteiger partial charge in [-0.2, -0.15) is 4.31 Å². The number of rotatable bonds is 4. The first-order chi connectivity index (χ1) is 12.7. The Morgan fingerprint density at radius 1 is 1.26 bits per heavy atom. The summed E-state index contributed by atoms with van der Waals surface area (Å²) in [7, 11) is -3.31. The molecule has 1 N–H and O–H groups in total. The zero-order chi connectivity index (χ0) is 19.8. The van der Waals surface area contributed by atoms with Crippen LogP contribution in [0.3, 0.4) is 0 Å². The van der Waals surface area contributed by atoms with Crippen LogP contribution in [0.25, 0.3) is 0 Å². The van der Waals surface area contributed by atoms with Crippen LogP contribution in [-0.2, 0) is 23.0 Å². The first-order valence-electron chi connectivity index (χ1n) is 7.98. The summed E-state index contributed by atoms with van der Waals surface area (Å²) < 4.78 is 24.9. The Hall–Kier alpha value is -2.49. The van der Waals surface area contributed by atoms with E-state index in [1.165, 1.54) is 22.5 Å². The molecule has 0 bridgehead atoms. The van der Waals surface area contributed by atoms with E-state index >= 15 is 0 Å². The lowest BCUT2D eigenvalue weighted by Crippen LogP contribution is -2.35. The molecule has 0 unspecified atom stereocenters. The summed E-state index contributed by atoms with van der Waals surface area (Å²) in [6.07, 6.45) is 1.57. The summed E-state index contributed by atoms with van der Waals surface area (Å²) in [4.78, 5) is 23.2. The first-order valence-corrected chi connectivity index (χ1v) is 10.2. The van der Waals surface area contributed by atoms with Gasteiger partial charge in [-0.25, -0.2) is 8.42 Å². The van der Waals surface area contributed by atoms with Gasteiger partial charge in [0.15, 0.2) is 0 Å². The van der Waals surface area contributed by atoms with Crippen molar-refractivity contribution in [1.29, 1.82) is 0 Å². The van der Waals surface area contributed by atoms with Gasteiger partial charge in [-0.15, -0.1) is 0 Å². The Morgan fingerprint density at radius 2 is 1.96 bits per heavy atom. The number of nitrogens with one attached hydrogen (secondary N) is 1. The highest BCUT2D eigenvalue weighted by molar-refractivity contribution is 7.88. The van der Waals surface area contributed by atoms with Crippen LogP contribution in [0.2, 0.25) is 5.02 Å². The molecule has 1 aliphatic rings. The molecular weight excluding hydrogens is 394 g/mol. The van der Waals surface area contributed by atoms with E-state index in [1.54, 1.807) is 18.2 Å². The number of hydrogen-bond acceptors (Lipinski definition) is 5. The monoisotopic (exact) mass is 409 g/mol. The average Bonchev–Trinajstić information content (AvgIpc) is 2.60. The highest BCUT2D eigenvalue weighted by Gasteiger charge is 2.27. The highest BCUT2D eigenvalue weighted by atomic mass is 35.5. The summed E-state index contributed by atoms with van der Waals surface area (Å²) in [5, 5.41) is 13.9. The molecule has 1 amide bonds. The molecule has 0 spiro atoms. The van der Waals surface area contributed by atoms with E-state index in [2.05, 4.69) is 5.32 Å². The standard InChI is InChI=1S/C17H16ClN3O5S/c1-27(25,26)20-9-8-12-11(10-20)4-2-6-14(12)19-17(22)16-13(18)5-3-7-15(16)21(23)24/h2-7H,8-10H2,1H3,(H,19,22). The molecule has 8 nitrogen and oxygen atoms in total. The summed E-state index contributed by atoms with van der Waals surface area (Å²) in [6.45, 7) is 0.509. The van der Waals surface area contributed by atoms with Crippen LogP contribution in [0, 0.1) is 10.1 Å². The van der Waals surface area contributed by atoms with Gasteiger partial charge in [0.2, 0.25) is 10.0 Å². The Labute approximate surface area is 160 Å². The molecule has 10 heteroatoms. The molecule has 2 aromatic carbocycles. The van der Waals surface area contributed by atoms with Crippen molar-refractivity contribution in [3.63, 3.8) is 0 Å². The summed E-state index contributed by atoms with van der Waals surface area (Å²) in [6, 6.07) is 9.19. The van der Waals surface area contributed by atoms with E-state index in [0.717, 1.165) is 17.4 Å². The molecule has 27 heavy (non-hydrogen) atoms. The maximum Gasteiger partial charge on any atom is 0.283 e. The molecular formula is C17H16ClN3O5S. The second-order valence-electron chi connectivity index (χ2n) is 6.13. The van der Waals surface area contributed by atoms with Crippen LogP contribution < -0.4 is 5.32 Å². The van der Waals surface area contributed by atoms with Crippen LogP contribution in [0.15, 0.2) is 36.4 Å². The minimum Gasteiger partial charge on any atom is -0.321 e. The molecule has 0 atom stereocenters. The van der Waals surface area contributed by atoms with Gasteiger partial charge in [0.25, 0.3) is 11.6 Å². The Morgan fingerprint density at radius 3 is 2.63 bits per heavy atom. The van der Waals surface area contributed by atoms with Crippen LogP contribution in [0.4, 0.5) is 11.4 Å². The molecule has 1 aliphatic heterocycles. The molecule has 142 valence electrons. The largest absolute Gasteiger partial charge is 0.321 e. The zero-order valence-corrected chi connectivity index (χ0v) is 15.9. The average molecular weight is 410 g/mol. The minimum atomic E-state index is -3.31. The molecule has 3 rings (SSSR count). The third-order valence-electron chi connectivity index (χ3n) is 4.36. The van der Waals surface area contributed by atoms with E-state index in [9.17, 15) is 23.3 Å². The van der Waals surface area contributed by atoms with Gasteiger partial charge < -0.3 is 5.32 Å². The van der Waals surface area contributed by atoms with E-state index in [1.807, 2.05) is 0 Å². The lowest BCUT2D eigenvalue weighted by Gasteiger charge is -2.28. The lowest BCUT2D eigenvalue weighted by molar-refractivity contribution is -0.385. The maximum absolute atomic E-state index is 12.7. The summed E-state index contributed by atoms with van der Waals surface area (Å²) in [5.41, 5.74) is 1.47. The maximum atomic E-state index is 12.7. The Kier molecular flexibility index (Phi) is 5.18. The number of fused-ring (bicyclic) bond motifs is 1. The minimum absolute atomic E-state index is 0.0187. The van der Waals surface area contributed by atoms with Crippen molar-refractivity contribution >= 4 is 38.9 Å². The SMILES string of the molecule is CS(=O)(=O)N1CCc2c(cccc2NC(=O)c2c(Cl)cccc2[N+](=O)[O-])C1. The molecule has 0 saturated heterocycles. The number of benzene rings is 2. The predicted molar refractivity (Wildman–Crippen MR) is 101 cm³/mol. The molecule has 0 aromatic heterocycles. The number of halogens is 1. The van der Waals surface area contributed by atoms with Crippen LogP contribution in [0.5, 0.6) is 0 Å². The zero-order valence-electron chi connectivity index (χ0n) is 14.3. The van der Waals surface area contributed by atoms with Crippen LogP contribution in [-0.4, -0.2) is 36.4 Å². The third-order valence-corrected chi connectivity index (χ3v) is 5.93. The number of carbonyl (C=O) groups is 1. The second kappa shape index (κ2) is 7.26. The molecule has 0 fully saturated rings. The van der Waals surface area contributed by atoms with E-state index in [-0.39, 0.29) is 22.8 Å². The molecule has 0 aliphatic carbocycles. The van der Waals surface area contributed by atoms with Crippen LogP contribution in [0.1, 0.15) is 21.5 Å². The smallest absolute Gasteiger partial charge is 0.283 e. The lowest BCUT2D eigenvalue weighted by atomic mass is 9.98. The molecule has 0 radical (unpaired) electrons. The molecule has 1 heterocycles. The Balaban J connectivity index is 1.93. The fraction of sp³-hybridized carbons (Fsp3) is 0.235. The third kappa shape index (κ3) is 3.95. The predicted octanol–water partition coefficient (Wildman–Crippen LogP) is 2.82. The van der Waals surface area contributed by atoms with E-state index in [0.29, 0.717) is 18.7 Å². The van der Waals surface area contributed by atoms with Crippen molar-refractivity contribution in [2.45, 2.75) is 13.0 Å². The fourth-order valence-corrected chi connectivity index (χ4v) is 4.11.